The van der Waals surface area contributed by atoms with Crippen molar-refractivity contribution in [3.8, 4) is 17.2 Å². The molecule has 1 saturated carbocycles. The van der Waals surface area contributed by atoms with Crippen LogP contribution in [0.25, 0.3) is 0 Å². The number of amides is 3. The number of phosphoric ester groups is 1. The van der Waals surface area contributed by atoms with E-state index in [4.69, 9.17) is 25.0 Å². The van der Waals surface area contributed by atoms with Crippen molar-refractivity contribution in [2.45, 2.75) is 70.4 Å². The van der Waals surface area contributed by atoms with Gasteiger partial charge in [-0.25, -0.2) is 4.57 Å². The Labute approximate surface area is 244 Å². The highest BCUT2D eigenvalue weighted by Gasteiger charge is 2.29. The number of nitrogens with two attached hydrogens (primary N) is 1. The lowest BCUT2D eigenvalue weighted by Gasteiger charge is -2.25. The minimum absolute atomic E-state index is 0.0324. The number of phosphoric acid groups is 1. The minimum atomic E-state index is -4.71. The van der Waals surface area contributed by atoms with E-state index in [1.165, 1.54) is 38.3 Å². The molecular formula is C29H38N3O9P. The van der Waals surface area contributed by atoms with Gasteiger partial charge in [0.2, 0.25) is 11.8 Å². The maximum atomic E-state index is 13.5. The highest BCUT2D eigenvalue weighted by molar-refractivity contribution is 7.46. The van der Waals surface area contributed by atoms with Crippen molar-refractivity contribution >= 4 is 25.5 Å². The number of benzene rings is 2. The number of hydrogen-bond acceptors (Lipinski definition) is 7. The summed E-state index contributed by atoms with van der Waals surface area (Å²) in [6.07, 6.45) is 7.01. The monoisotopic (exact) mass is 603 g/mol. The first-order valence-electron chi connectivity index (χ1n) is 14.1. The minimum Gasteiger partial charge on any atom is -0.493 e. The molecule has 3 amide bonds. The lowest BCUT2D eigenvalue weighted by molar-refractivity contribution is -0.128. The van der Waals surface area contributed by atoms with E-state index in [1.807, 2.05) is 0 Å². The molecule has 12 nitrogen and oxygen atoms in total. The predicted octanol–water partition coefficient (Wildman–Crippen LogP) is 3.29. The molecule has 4 rings (SSSR count). The van der Waals surface area contributed by atoms with Crippen molar-refractivity contribution in [2.24, 2.45) is 11.7 Å². The summed E-state index contributed by atoms with van der Waals surface area (Å²) in [5, 5.41) is 5.66. The molecule has 2 aromatic rings. The van der Waals surface area contributed by atoms with E-state index in [0.29, 0.717) is 54.6 Å². The summed E-state index contributed by atoms with van der Waals surface area (Å²) in [6.45, 7) is 2.21. The fourth-order valence-electron chi connectivity index (χ4n) is 5.41. The molecule has 0 unspecified atom stereocenters. The first-order valence-corrected chi connectivity index (χ1v) is 15.7. The van der Waals surface area contributed by atoms with Crippen molar-refractivity contribution in [1.82, 2.24) is 10.6 Å². The Morgan fingerprint density at radius 3 is 2.43 bits per heavy atom. The van der Waals surface area contributed by atoms with Gasteiger partial charge in [0.05, 0.1) is 24.8 Å². The van der Waals surface area contributed by atoms with Gasteiger partial charge >= 0.3 is 7.82 Å². The zero-order valence-electron chi connectivity index (χ0n) is 23.5. The topological polar surface area (TPSA) is 187 Å². The third-order valence-electron chi connectivity index (χ3n) is 7.44. The fourth-order valence-corrected chi connectivity index (χ4v) is 5.81. The molecule has 42 heavy (non-hydrogen) atoms. The molecule has 0 radical (unpaired) electrons. The van der Waals surface area contributed by atoms with Crippen molar-refractivity contribution in [3.63, 3.8) is 0 Å². The summed E-state index contributed by atoms with van der Waals surface area (Å²) >= 11 is 0. The van der Waals surface area contributed by atoms with E-state index < -0.39 is 37.6 Å². The molecular weight excluding hydrogens is 565 g/mol. The smallest absolute Gasteiger partial charge is 0.493 e. The van der Waals surface area contributed by atoms with Gasteiger partial charge in [0.25, 0.3) is 5.91 Å². The van der Waals surface area contributed by atoms with E-state index in [1.54, 1.807) is 24.3 Å². The van der Waals surface area contributed by atoms with Crippen molar-refractivity contribution < 1.29 is 42.7 Å². The van der Waals surface area contributed by atoms with Gasteiger partial charge in [-0.15, -0.1) is 0 Å². The number of rotatable bonds is 11. The van der Waals surface area contributed by atoms with Gasteiger partial charge in [0.1, 0.15) is 23.3 Å². The molecule has 13 heteroatoms. The second kappa shape index (κ2) is 14.0. The average Bonchev–Trinajstić information content (AvgIpc) is 3.13. The Morgan fingerprint density at radius 1 is 1.07 bits per heavy atom. The van der Waals surface area contributed by atoms with Crippen LogP contribution in [0.2, 0.25) is 0 Å². The highest BCUT2D eigenvalue weighted by atomic mass is 31.2. The molecule has 1 aliphatic carbocycles. The Hall–Kier alpha value is -3.60. The van der Waals surface area contributed by atoms with Crippen LogP contribution in [0.3, 0.4) is 0 Å². The first kappa shape index (κ1) is 31.3. The number of primary amides is 1. The molecule has 0 bridgehead atoms. The van der Waals surface area contributed by atoms with E-state index in [2.05, 4.69) is 15.2 Å². The van der Waals surface area contributed by atoms with Crippen LogP contribution in [-0.2, 0) is 20.6 Å². The van der Waals surface area contributed by atoms with Crippen LogP contribution in [0, 0.1) is 5.92 Å². The molecule has 2 aliphatic rings. The Balaban J connectivity index is 1.52. The van der Waals surface area contributed by atoms with Crippen LogP contribution < -0.4 is 30.4 Å². The van der Waals surface area contributed by atoms with Crippen LogP contribution in [-0.4, -0.2) is 46.8 Å². The molecule has 1 aliphatic heterocycles. The average molecular weight is 604 g/mol. The van der Waals surface area contributed by atoms with Gasteiger partial charge in [-0.3, -0.25) is 24.2 Å². The summed E-state index contributed by atoms with van der Waals surface area (Å²) < 4.78 is 27.7. The van der Waals surface area contributed by atoms with Crippen LogP contribution in [0.15, 0.2) is 36.4 Å². The van der Waals surface area contributed by atoms with Crippen LogP contribution >= 0.6 is 7.82 Å². The summed E-state index contributed by atoms with van der Waals surface area (Å²) in [5.41, 5.74) is 7.17. The van der Waals surface area contributed by atoms with Gasteiger partial charge in [-0.1, -0.05) is 31.4 Å². The third-order valence-corrected chi connectivity index (χ3v) is 7.89. The number of nitrogens with one attached hydrogen (secondary N) is 2. The van der Waals surface area contributed by atoms with Gasteiger partial charge < -0.3 is 30.4 Å². The van der Waals surface area contributed by atoms with Crippen LogP contribution in [0.5, 0.6) is 17.2 Å². The SMILES string of the molecule is CC(=O)N[C@@H](Cc1ccc(OP(=O)(O)O)cc1)C(=O)N[C@@H]1CCCOc2cc(OCC3CCCCC3)c(C(N)=O)cc21. The lowest BCUT2D eigenvalue weighted by atomic mass is 9.90. The number of ether oxygens (including phenoxy) is 2. The predicted molar refractivity (Wildman–Crippen MR) is 153 cm³/mol. The van der Waals surface area contributed by atoms with E-state index in [0.717, 1.165) is 12.8 Å². The van der Waals surface area contributed by atoms with Crippen molar-refractivity contribution in [3.05, 3.63) is 53.1 Å². The zero-order valence-corrected chi connectivity index (χ0v) is 24.4. The Morgan fingerprint density at radius 2 is 1.79 bits per heavy atom. The third kappa shape index (κ3) is 8.95. The number of fused-ring (bicyclic) bond motifs is 1. The second-order valence-electron chi connectivity index (χ2n) is 10.8. The number of carbonyl (C=O) groups excluding carboxylic acids is 3. The molecule has 1 heterocycles. The largest absolute Gasteiger partial charge is 0.524 e. The Kier molecular flexibility index (Phi) is 10.5. The molecule has 0 saturated heterocycles. The van der Waals surface area contributed by atoms with Crippen molar-refractivity contribution in [2.75, 3.05) is 13.2 Å². The fraction of sp³-hybridized carbons (Fsp3) is 0.483. The number of carbonyl (C=O) groups is 3. The second-order valence-corrected chi connectivity index (χ2v) is 12.0. The van der Waals surface area contributed by atoms with Gasteiger partial charge in [-0.2, -0.15) is 0 Å². The molecule has 228 valence electrons. The molecule has 2 aromatic carbocycles. The summed E-state index contributed by atoms with van der Waals surface area (Å²) in [6, 6.07) is 7.68. The summed E-state index contributed by atoms with van der Waals surface area (Å²) in [7, 11) is -4.71. The maximum Gasteiger partial charge on any atom is 0.524 e. The highest BCUT2D eigenvalue weighted by Crippen LogP contribution is 2.39. The summed E-state index contributed by atoms with van der Waals surface area (Å²) in [5.74, 6) is -0.247. The maximum absolute atomic E-state index is 13.5. The number of hydrogen-bond donors (Lipinski definition) is 5. The van der Waals surface area contributed by atoms with Crippen LogP contribution in [0.4, 0.5) is 0 Å². The first-order chi connectivity index (χ1) is 20.0. The quantitative estimate of drug-likeness (QED) is 0.240. The molecule has 1 fully saturated rings. The molecule has 0 spiro atoms. The lowest BCUT2D eigenvalue weighted by Crippen LogP contribution is -2.48. The van der Waals surface area contributed by atoms with Crippen LogP contribution in [0.1, 0.15) is 79.4 Å². The Bertz CT molecular complexity index is 1320. The van der Waals surface area contributed by atoms with Gasteiger partial charge in [0, 0.05) is 25.0 Å². The van der Waals surface area contributed by atoms with Gasteiger partial charge in [-0.05, 0) is 55.4 Å². The molecule has 2 atom stereocenters. The molecule has 0 aromatic heterocycles. The molecule has 6 N–H and O–H groups in total. The van der Waals surface area contributed by atoms with E-state index in [9.17, 15) is 18.9 Å². The van der Waals surface area contributed by atoms with Crippen molar-refractivity contribution in [1.29, 1.82) is 0 Å². The van der Waals surface area contributed by atoms with Gasteiger partial charge in [0.15, 0.2) is 0 Å². The van der Waals surface area contributed by atoms with E-state index in [-0.39, 0.29) is 17.7 Å². The normalized spacial score (nSPS) is 18.0. The zero-order chi connectivity index (χ0) is 30.3. The standard InChI is InChI=1S/C29H38N3O9P/c1-18(33)31-25(14-19-9-11-21(12-10-19)41-42(36,37)38)29(35)32-24-8-5-13-39-26-16-27(23(28(30)34)15-22(24)26)40-17-20-6-3-2-4-7-20/h9-12,15-16,20,24-25H,2-8,13-14,17H2,1H3,(H2,30,34)(H,31,33)(H,32,35)(H2,36,37,38)/t24-,25+/m1/s1. The summed E-state index contributed by atoms with van der Waals surface area (Å²) in [4.78, 5) is 55.8. The van der Waals surface area contributed by atoms with E-state index >= 15 is 0 Å².